The van der Waals surface area contributed by atoms with Crippen LogP contribution in [0.15, 0.2) is 28.8 Å². The molecule has 0 aliphatic carbocycles. The van der Waals surface area contributed by atoms with Gasteiger partial charge in [0.15, 0.2) is 15.7 Å². The molecule has 0 bridgehead atoms. The molecule has 0 aliphatic rings. The molecule has 0 spiro atoms. The molecule has 0 amide bonds. The van der Waals surface area contributed by atoms with Crippen LogP contribution in [0.25, 0.3) is 11.5 Å². The Hall–Kier alpha value is -1.73. The smallest absolute Gasteiger partial charge is 0.257 e. The van der Waals surface area contributed by atoms with Gasteiger partial charge in [0.05, 0.1) is 0 Å². The number of nitrogens with zero attached hydrogens (tertiary/aromatic N) is 2. The molecule has 0 fully saturated rings. The molecule has 1 heterocycles. The quantitative estimate of drug-likeness (QED) is 0.906. The van der Waals surface area contributed by atoms with Crippen LogP contribution < -0.4 is 5.73 Å². The average Bonchev–Trinajstić information content (AvgIpc) is 2.86. The van der Waals surface area contributed by atoms with Gasteiger partial charge in [-0.3, -0.25) is 0 Å². The summed E-state index contributed by atoms with van der Waals surface area (Å²) in [6, 6.07) is 7.34. The summed E-state index contributed by atoms with van der Waals surface area (Å²) in [5, 5.41) is 2.93. The van der Waals surface area contributed by atoms with Crippen LogP contribution in [0.1, 0.15) is 23.6 Å². The van der Waals surface area contributed by atoms with Crippen LogP contribution in [0.3, 0.4) is 0 Å². The molecule has 1 aromatic heterocycles. The van der Waals surface area contributed by atoms with Crippen molar-refractivity contribution in [2.45, 2.75) is 18.7 Å². The highest BCUT2D eigenvalue weighted by Gasteiger charge is 2.23. The Kier molecular flexibility index (Phi) is 3.68. The molecule has 0 aliphatic heterocycles. The van der Waals surface area contributed by atoms with Gasteiger partial charge < -0.3 is 10.3 Å². The third-order valence-electron chi connectivity index (χ3n) is 2.88. The van der Waals surface area contributed by atoms with Gasteiger partial charge in [-0.1, -0.05) is 17.3 Å². The summed E-state index contributed by atoms with van der Waals surface area (Å²) in [7, 11) is -3.24. The molecule has 2 aromatic rings. The van der Waals surface area contributed by atoms with Crippen molar-refractivity contribution >= 4 is 9.84 Å². The number of aromatic nitrogens is 2. The number of nitrogens with two attached hydrogens (primary N) is 1. The molecule has 1 aromatic carbocycles. The molecule has 0 radical (unpaired) electrons. The van der Waals surface area contributed by atoms with Gasteiger partial charge in [-0.2, -0.15) is 4.98 Å². The zero-order valence-electron chi connectivity index (χ0n) is 10.7. The topological polar surface area (TPSA) is 99.1 Å². The monoisotopic (exact) mass is 281 g/mol. The fraction of sp³-hybridized carbons (Fsp3) is 0.333. The van der Waals surface area contributed by atoms with Crippen molar-refractivity contribution in [3.8, 4) is 11.5 Å². The van der Waals surface area contributed by atoms with Crippen molar-refractivity contribution in [3.05, 3.63) is 35.7 Å². The number of hydrogen-bond donors (Lipinski definition) is 1. The minimum atomic E-state index is -3.24. The van der Waals surface area contributed by atoms with E-state index >= 15 is 0 Å². The summed E-state index contributed by atoms with van der Waals surface area (Å²) in [5.74, 6) is 0.467. The van der Waals surface area contributed by atoms with Crippen LogP contribution in [-0.4, -0.2) is 24.8 Å². The second kappa shape index (κ2) is 5.10. The molecule has 1 unspecified atom stereocenters. The van der Waals surface area contributed by atoms with Crippen molar-refractivity contribution in [2.75, 3.05) is 6.26 Å². The Morgan fingerprint density at radius 3 is 2.47 bits per heavy atom. The zero-order valence-corrected chi connectivity index (χ0v) is 11.5. The second-order valence-electron chi connectivity index (χ2n) is 4.33. The SMILES string of the molecule is CC(c1noc(-c2ccc(CN)cc2)n1)S(C)(=O)=O. The Balaban J connectivity index is 2.30. The molecule has 2 N–H and O–H groups in total. The van der Waals surface area contributed by atoms with E-state index in [9.17, 15) is 8.42 Å². The van der Waals surface area contributed by atoms with E-state index in [2.05, 4.69) is 10.1 Å². The Bertz CT molecular complexity index is 662. The Labute approximate surface area is 111 Å². The third-order valence-corrected chi connectivity index (χ3v) is 4.38. The normalized spacial score (nSPS) is 13.4. The number of hydrogen-bond acceptors (Lipinski definition) is 6. The lowest BCUT2D eigenvalue weighted by atomic mass is 10.1. The summed E-state index contributed by atoms with van der Waals surface area (Å²) in [6.07, 6.45) is 1.14. The number of sulfone groups is 1. The predicted octanol–water partition coefficient (Wildman–Crippen LogP) is 1.30. The highest BCUT2D eigenvalue weighted by Crippen LogP contribution is 2.23. The maximum absolute atomic E-state index is 11.4. The Morgan fingerprint density at radius 1 is 1.32 bits per heavy atom. The third kappa shape index (κ3) is 2.99. The van der Waals surface area contributed by atoms with Crippen molar-refractivity contribution in [2.24, 2.45) is 5.73 Å². The van der Waals surface area contributed by atoms with Crippen LogP contribution in [0.5, 0.6) is 0 Å². The van der Waals surface area contributed by atoms with E-state index in [-0.39, 0.29) is 5.82 Å². The van der Waals surface area contributed by atoms with Crippen LogP contribution in [-0.2, 0) is 16.4 Å². The minimum Gasteiger partial charge on any atom is -0.334 e. The summed E-state index contributed by atoms with van der Waals surface area (Å²) >= 11 is 0. The van der Waals surface area contributed by atoms with E-state index in [0.29, 0.717) is 12.4 Å². The molecule has 1 atom stereocenters. The fourth-order valence-corrected chi connectivity index (χ4v) is 1.97. The lowest BCUT2D eigenvalue weighted by Crippen LogP contribution is -2.09. The van der Waals surface area contributed by atoms with Crippen LogP contribution >= 0.6 is 0 Å². The molecule has 0 saturated heterocycles. The lowest BCUT2D eigenvalue weighted by Gasteiger charge is -2.01. The van der Waals surface area contributed by atoms with Gasteiger partial charge >= 0.3 is 0 Å². The molecule has 0 saturated carbocycles. The Morgan fingerprint density at radius 2 is 1.95 bits per heavy atom. The second-order valence-corrected chi connectivity index (χ2v) is 6.70. The van der Waals surface area contributed by atoms with E-state index in [4.69, 9.17) is 10.3 Å². The summed E-state index contributed by atoms with van der Waals surface area (Å²) in [5.41, 5.74) is 7.24. The van der Waals surface area contributed by atoms with Crippen molar-refractivity contribution in [1.29, 1.82) is 0 Å². The van der Waals surface area contributed by atoms with Gasteiger partial charge in [-0.05, 0) is 24.6 Å². The van der Waals surface area contributed by atoms with Gasteiger partial charge in [-0.15, -0.1) is 0 Å². The molecule has 7 heteroatoms. The fourth-order valence-electron chi connectivity index (χ4n) is 1.49. The molecular formula is C12H15N3O3S. The maximum Gasteiger partial charge on any atom is 0.257 e. The first kappa shape index (κ1) is 13.7. The summed E-state index contributed by atoms with van der Waals surface area (Å²) in [6.45, 7) is 1.99. The van der Waals surface area contributed by atoms with Gasteiger partial charge in [0.25, 0.3) is 5.89 Å². The molecule has 102 valence electrons. The molecular weight excluding hydrogens is 266 g/mol. The average molecular weight is 281 g/mol. The summed E-state index contributed by atoms with van der Waals surface area (Å²) in [4.78, 5) is 4.11. The van der Waals surface area contributed by atoms with Crippen molar-refractivity contribution < 1.29 is 12.9 Å². The van der Waals surface area contributed by atoms with Gasteiger partial charge in [0.1, 0.15) is 5.25 Å². The van der Waals surface area contributed by atoms with Crippen LogP contribution in [0.4, 0.5) is 0 Å². The van der Waals surface area contributed by atoms with Gasteiger partial charge in [0.2, 0.25) is 0 Å². The van der Waals surface area contributed by atoms with E-state index in [1.165, 1.54) is 6.92 Å². The van der Waals surface area contributed by atoms with Crippen molar-refractivity contribution in [1.82, 2.24) is 10.1 Å². The standard InChI is InChI=1S/C12H15N3O3S/c1-8(19(2,16)17)11-14-12(18-15-11)10-5-3-9(7-13)4-6-10/h3-6,8H,7,13H2,1-2H3. The molecule has 2 rings (SSSR count). The van der Waals surface area contributed by atoms with Gasteiger partial charge in [0, 0.05) is 18.4 Å². The van der Waals surface area contributed by atoms with Crippen molar-refractivity contribution in [3.63, 3.8) is 0 Å². The van der Waals surface area contributed by atoms with Crippen LogP contribution in [0, 0.1) is 0 Å². The number of benzene rings is 1. The molecule has 6 nitrogen and oxygen atoms in total. The summed E-state index contributed by atoms with van der Waals surface area (Å²) < 4.78 is 27.9. The maximum atomic E-state index is 11.4. The number of rotatable bonds is 4. The van der Waals surface area contributed by atoms with E-state index in [0.717, 1.165) is 17.4 Å². The minimum absolute atomic E-state index is 0.167. The predicted molar refractivity (Wildman–Crippen MR) is 70.9 cm³/mol. The van der Waals surface area contributed by atoms with E-state index in [1.807, 2.05) is 24.3 Å². The zero-order chi connectivity index (χ0) is 14.0. The first-order valence-corrected chi connectivity index (χ1v) is 7.69. The van der Waals surface area contributed by atoms with E-state index in [1.54, 1.807) is 0 Å². The molecule has 19 heavy (non-hydrogen) atoms. The first-order chi connectivity index (χ1) is 8.91. The van der Waals surface area contributed by atoms with Gasteiger partial charge in [-0.25, -0.2) is 8.42 Å². The highest BCUT2D eigenvalue weighted by atomic mass is 32.2. The van der Waals surface area contributed by atoms with Crippen LogP contribution in [0.2, 0.25) is 0 Å². The largest absolute Gasteiger partial charge is 0.334 e. The lowest BCUT2D eigenvalue weighted by molar-refractivity contribution is 0.422. The first-order valence-electron chi connectivity index (χ1n) is 5.73. The van der Waals surface area contributed by atoms with E-state index < -0.39 is 15.1 Å². The highest BCUT2D eigenvalue weighted by molar-refractivity contribution is 7.90.